The summed E-state index contributed by atoms with van der Waals surface area (Å²) in [5, 5.41) is 3.09. The maximum absolute atomic E-state index is 12.7. The number of hydrogen-bond acceptors (Lipinski definition) is 3. The van der Waals surface area contributed by atoms with Gasteiger partial charge >= 0.3 is 12.1 Å². The zero-order chi connectivity index (χ0) is 20.6. The molecule has 1 N–H and O–H groups in total. The number of alkyl halides is 3. The van der Waals surface area contributed by atoms with E-state index >= 15 is 0 Å². The molecule has 1 saturated heterocycles. The van der Waals surface area contributed by atoms with Crippen LogP contribution in [0.15, 0.2) is 29.3 Å². The Hall–Kier alpha value is -1.96. The number of halogens is 4. The minimum atomic E-state index is -4.38. The van der Waals surface area contributed by atoms with Crippen molar-refractivity contribution < 1.29 is 22.7 Å². The average molecular weight is 523 g/mol. The molecule has 160 valence electrons. The lowest BCUT2D eigenvalue weighted by Gasteiger charge is -2.33. The maximum atomic E-state index is 12.7. The topological polar surface area (TPSA) is 53.9 Å². The number of likely N-dealkylation sites (tertiary alicyclic amines) is 1. The predicted molar refractivity (Wildman–Crippen MR) is 116 cm³/mol. The molecule has 0 atom stereocenters. The number of carbonyl (C=O) groups is 1. The molecule has 1 aromatic carbocycles. The summed E-state index contributed by atoms with van der Waals surface area (Å²) in [6, 6.07) is 4.93. The van der Waals surface area contributed by atoms with E-state index in [-0.39, 0.29) is 42.4 Å². The van der Waals surface area contributed by atoms with Crippen LogP contribution in [0.1, 0.15) is 30.9 Å². The lowest BCUT2D eigenvalue weighted by molar-refractivity contribution is -0.149. The molecule has 9 heteroatoms. The van der Waals surface area contributed by atoms with Gasteiger partial charge in [-0.3, -0.25) is 9.79 Å². The summed E-state index contributed by atoms with van der Waals surface area (Å²) in [7, 11) is 1.65. The number of guanidine groups is 1. The Balaban J connectivity index is 0.00000420. The molecule has 1 aliphatic rings. The highest BCUT2D eigenvalue weighted by Crippen LogP contribution is 2.29. The fourth-order valence-corrected chi connectivity index (χ4v) is 2.96. The summed E-state index contributed by atoms with van der Waals surface area (Å²) >= 11 is 0. The molecule has 1 aliphatic heterocycles. The fraction of sp³-hybridized carbons (Fsp3) is 0.500. The number of esters is 1. The van der Waals surface area contributed by atoms with Crippen LogP contribution in [0.2, 0.25) is 0 Å². The molecule has 0 bridgehead atoms. The molecular weight excluding hydrogens is 498 g/mol. The molecule has 0 aromatic heterocycles. The van der Waals surface area contributed by atoms with E-state index in [2.05, 4.69) is 22.2 Å². The molecule has 1 fully saturated rings. The Labute approximate surface area is 186 Å². The first-order valence-corrected chi connectivity index (χ1v) is 9.13. The largest absolute Gasteiger partial charge is 0.466 e. The van der Waals surface area contributed by atoms with Crippen LogP contribution in [0.25, 0.3) is 0 Å². The summed E-state index contributed by atoms with van der Waals surface area (Å²) < 4.78 is 43.2. The van der Waals surface area contributed by atoms with Crippen molar-refractivity contribution >= 4 is 35.9 Å². The standard InChI is InChI=1S/C20H24F3N3O2.HI/c1-3-28-18(27)16-9-12-26(13-10-16)19(24-2)25-11-5-7-15-6-4-8-17(14-15)20(21,22)23;/h4,6,8,14,16H,3,9-13H2,1-2H3,(H,24,25);1H. The van der Waals surface area contributed by atoms with Gasteiger partial charge in [-0.1, -0.05) is 17.9 Å². The van der Waals surface area contributed by atoms with Crippen molar-refractivity contribution in [3.8, 4) is 11.8 Å². The lowest BCUT2D eigenvalue weighted by Crippen LogP contribution is -2.46. The lowest BCUT2D eigenvalue weighted by atomic mass is 9.97. The van der Waals surface area contributed by atoms with Gasteiger partial charge in [0.15, 0.2) is 5.96 Å². The molecule has 0 amide bonds. The predicted octanol–water partition coefficient (Wildman–Crippen LogP) is 3.53. The maximum Gasteiger partial charge on any atom is 0.416 e. The van der Waals surface area contributed by atoms with Crippen LogP contribution >= 0.6 is 24.0 Å². The number of aliphatic imine (C=N–C) groups is 1. The van der Waals surface area contributed by atoms with Gasteiger partial charge in [-0.15, -0.1) is 24.0 Å². The Morgan fingerprint density at radius 3 is 2.62 bits per heavy atom. The third-order valence-corrected chi connectivity index (χ3v) is 4.38. The SMILES string of the molecule is CCOC(=O)C1CCN(C(=NC)NCC#Cc2cccc(C(F)(F)F)c2)CC1.I. The number of nitrogens with one attached hydrogen (secondary N) is 1. The van der Waals surface area contributed by atoms with Gasteiger partial charge < -0.3 is 15.0 Å². The first-order chi connectivity index (χ1) is 13.3. The highest BCUT2D eigenvalue weighted by molar-refractivity contribution is 14.0. The molecule has 0 spiro atoms. The van der Waals surface area contributed by atoms with Gasteiger partial charge in [-0.2, -0.15) is 13.2 Å². The summed E-state index contributed by atoms with van der Waals surface area (Å²) in [6.45, 7) is 3.77. The molecular formula is C20H25F3IN3O2. The van der Waals surface area contributed by atoms with Gasteiger partial charge in [0.05, 0.1) is 24.6 Å². The molecule has 0 saturated carbocycles. The summed E-state index contributed by atoms with van der Waals surface area (Å²) in [5.41, 5.74) is -0.408. The minimum absolute atomic E-state index is 0. The molecule has 29 heavy (non-hydrogen) atoms. The number of rotatable bonds is 3. The van der Waals surface area contributed by atoms with Gasteiger partial charge in [0, 0.05) is 25.7 Å². The van der Waals surface area contributed by atoms with Crippen molar-refractivity contribution in [1.29, 1.82) is 0 Å². The third-order valence-electron chi connectivity index (χ3n) is 4.38. The Bertz CT molecular complexity index is 764. The van der Waals surface area contributed by atoms with Crippen LogP contribution in [0.4, 0.5) is 13.2 Å². The zero-order valence-electron chi connectivity index (χ0n) is 16.4. The number of piperidine rings is 1. The van der Waals surface area contributed by atoms with E-state index in [9.17, 15) is 18.0 Å². The smallest absolute Gasteiger partial charge is 0.416 e. The number of carbonyl (C=O) groups excluding carboxylic acids is 1. The second-order valence-electron chi connectivity index (χ2n) is 6.29. The Morgan fingerprint density at radius 2 is 2.03 bits per heavy atom. The van der Waals surface area contributed by atoms with E-state index in [1.54, 1.807) is 14.0 Å². The molecule has 0 aliphatic carbocycles. The third kappa shape index (κ3) is 7.76. The summed E-state index contributed by atoms with van der Waals surface area (Å²) in [5.74, 6) is 5.96. The van der Waals surface area contributed by atoms with E-state index in [1.165, 1.54) is 12.1 Å². The first kappa shape index (κ1) is 25.1. The minimum Gasteiger partial charge on any atom is -0.466 e. The summed E-state index contributed by atoms with van der Waals surface area (Å²) in [6.07, 6.45) is -3.00. The van der Waals surface area contributed by atoms with Crippen molar-refractivity contribution in [2.75, 3.05) is 33.3 Å². The van der Waals surface area contributed by atoms with Crippen molar-refractivity contribution in [2.45, 2.75) is 25.9 Å². The number of benzene rings is 1. The second-order valence-corrected chi connectivity index (χ2v) is 6.29. The Kier molecular flexibility index (Phi) is 10.3. The van der Waals surface area contributed by atoms with Gasteiger partial charge in [-0.25, -0.2) is 0 Å². The van der Waals surface area contributed by atoms with E-state index in [4.69, 9.17) is 4.74 Å². The first-order valence-electron chi connectivity index (χ1n) is 9.13. The molecule has 0 radical (unpaired) electrons. The monoisotopic (exact) mass is 523 g/mol. The van der Waals surface area contributed by atoms with Gasteiger partial charge in [-0.05, 0) is 38.0 Å². The van der Waals surface area contributed by atoms with Gasteiger partial charge in [0.25, 0.3) is 0 Å². The second kappa shape index (κ2) is 11.9. The normalized spacial score (nSPS) is 15.1. The highest BCUT2D eigenvalue weighted by Gasteiger charge is 2.30. The van der Waals surface area contributed by atoms with E-state index < -0.39 is 11.7 Å². The highest BCUT2D eigenvalue weighted by atomic mass is 127. The molecule has 1 aromatic rings. The van der Waals surface area contributed by atoms with E-state index in [0.717, 1.165) is 12.1 Å². The van der Waals surface area contributed by atoms with Gasteiger partial charge in [0.2, 0.25) is 0 Å². The van der Waals surface area contributed by atoms with E-state index in [1.807, 2.05) is 4.90 Å². The van der Waals surface area contributed by atoms with Crippen molar-refractivity contribution in [2.24, 2.45) is 10.9 Å². The van der Waals surface area contributed by atoms with Crippen LogP contribution in [-0.4, -0.2) is 50.1 Å². The molecule has 2 rings (SSSR count). The van der Waals surface area contributed by atoms with E-state index in [0.29, 0.717) is 44.1 Å². The van der Waals surface area contributed by atoms with Crippen LogP contribution in [0.3, 0.4) is 0 Å². The van der Waals surface area contributed by atoms with Crippen molar-refractivity contribution in [1.82, 2.24) is 10.2 Å². The number of hydrogen-bond donors (Lipinski definition) is 1. The molecule has 5 nitrogen and oxygen atoms in total. The van der Waals surface area contributed by atoms with Crippen LogP contribution in [-0.2, 0) is 15.7 Å². The quantitative estimate of drug-likeness (QED) is 0.217. The number of ether oxygens (including phenoxy) is 1. The van der Waals surface area contributed by atoms with Crippen molar-refractivity contribution in [3.63, 3.8) is 0 Å². The van der Waals surface area contributed by atoms with Crippen LogP contribution in [0.5, 0.6) is 0 Å². The van der Waals surface area contributed by atoms with Crippen LogP contribution < -0.4 is 5.32 Å². The van der Waals surface area contributed by atoms with Crippen LogP contribution in [0, 0.1) is 17.8 Å². The van der Waals surface area contributed by atoms with Gasteiger partial charge in [0.1, 0.15) is 0 Å². The van der Waals surface area contributed by atoms with Crippen molar-refractivity contribution in [3.05, 3.63) is 35.4 Å². The number of nitrogens with zero attached hydrogens (tertiary/aromatic N) is 2. The zero-order valence-corrected chi connectivity index (χ0v) is 18.7. The average Bonchev–Trinajstić information content (AvgIpc) is 2.68. The molecule has 0 unspecified atom stereocenters. The summed E-state index contributed by atoms with van der Waals surface area (Å²) in [4.78, 5) is 18.0. The molecule has 1 heterocycles. The Morgan fingerprint density at radius 1 is 1.34 bits per heavy atom. The fourth-order valence-electron chi connectivity index (χ4n) is 2.96.